The molecule has 1 heterocycles. The van der Waals surface area contributed by atoms with E-state index in [2.05, 4.69) is 18.7 Å². The van der Waals surface area contributed by atoms with Crippen LogP contribution < -0.4 is 5.73 Å². The molecule has 2 N–H and O–H groups in total. The molecule has 0 bridgehead atoms. The van der Waals surface area contributed by atoms with Crippen LogP contribution in [-0.4, -0.2) is 43.8 Å². The highest BCUT2D eigenvalue weighted by molar-refractivity contribution is 4.84. The number of hydrogen-bond donors (Lipinski definition) is 1. The van der Waals surface area contributed by atoms with Gasteiger partial charge >= 0.3 is 0 Å². The Morgan fingerprint density at radius 1 is 1.29 bits per heavy atom. The Morgan fingerprint density at radius 3 is 2.76 bits per heavy atom. The summed E-state index contributed by atoms with van der Waals surface area (Å²) in [5.41, 5.74) is 5.93. The smallest absolute Gasteiger partial charge is 0.0593 e. The fraction of sp³-hybridized carbons (Fsp3) is 1.00. The Balaban J connectivity index is 2.24. The lowest BCUT2D eigenvalue weighted by Crippen LogP contribution is -2.50. The molecular weight excluding hydrogens is 212 g/mol. The monoisotopic (exact) mass is 242 g/mol. The molecule has 0 aliphatic carbocycles. The van der Waals surface area contributed by atoms with Crippen LogP contribution in [0, 0.1) is 5.92 Å². The van der Waals surface area contributed by atoms with Crippen LogP contribution in [0.1, 0.15) is 46.0 Å². The van der Waals surface area contributed by atoms with Gasteiger partial charge < -0.3 is 10.5 Å². The van der Waals surface area contributed by atoms with Crippen molar-refractivity contribution in [3.05, 3.63) is 0 Å². The van der Waals surface area contributed by atoms with Gasteiger partial charge in [0.1, 0.15) is 0 Å². The van der Waals surface area contributed by atoms with Gasteiger partial charge in [-0.15, -0.1) is 0 Å². The largest absolute Gasteiger partial charge is 0.380 e. The molecular formula is C14H30N2O. The van der Waals surface area contributed by atoms with Gasteiger partial charge in [0.05, 0.1) is 6.61 Å². The van der Waals surface area contributed by atoms with E-state index < -0.39 is 0 Å². The molecule has 3 heteroatoms. The number of unbranched alkanes of at least 4 members (excludes halogenated alkanes) is 1. The van der Waals surface area contributed by atoms with E-state index in [1.54, 1.807) is 0 Å². The van der Waals surface area contributed by atoms with Crippen molar-refractivity contribution in [3.63, 3.8) is 0 Å². The maximum absolute atomic E-state index is 5.93. The molecule has 1 aliphatic rings. The molecule has 2 atom stereocenters. The van der Waals surface area contributed by atoms with Crippen LogP contribution in [0.3, 0.4) is 0 Å². The van der Waals surface area contributed by atoms with Crippen molar-refractivity contribution in [2.75, 3.05) is 32.8 Å². The minimum Gasteiger partial charge on any atom is -0.380 e. The second kappa shape index (κ2) is 8.90. The van der Waals surface area contributed by atoms with Crippen molar-refractivity contribution < 1.29 is 4.74 Å². The first-order valence-corrected chi connectivity index (χ1v) is 7.35. The molecule has 3 nitrogen and oxygen atoms in total. The summed E-state index contributed by atoms with van der Waals surface area (Å²) >= 11 is 0. The second-order valence-corrected chi connectivity index (χ2v) is 5.12. The zero-order chi connectivity index (χ0) is 12.5. The fourth-order valence-electron chi connectivity index (χ4n) is 2.84. The third kappa shape index (κ3) is 4.94. The van der Waals surface area contributed by atoms with E-state index in [-0.39, 0.29) is 0 Å². The molecule has 1 saturated heterocycles. The molecule has 1 aliphatic heterocycles. The van der Waals surface area contributed by atoms with Gasteiger partial charge in [-0.2, -0.15) is 0 Å². The normalized spacial score (nSPS) is 26.3. The lowest BCUT2D eigenvalue weighted by atomic mass is 9.87. The predicted molar refractivity (Wildman–Crippen MR) is 73.2 cm³/mol. The average Bonchev–Trinajstić information content (AvgIpc) is 2.38. The van der Waals surface area contributed by atoms with Gasteiger partial charge in [-0.05, 0) is 31.7 Å². The first kappa shape index (κ1) is 14.9. The molecule has 0 amide bonds. The minimum atomic E-state index is 0.587. The number of hydrogen-bond acceptors (Lipinski definition) is 3. The van der Waals surface area contributed by atoms with Crippen LogP contribution in [0.25, 0.3) is 0 Å². The summed E-state index contributed by atoms with van der Waals surface area (Å²) in [6.45, 7) is 9.33. The van der Waals surface area contributed by atoms with Gasteiger partial charge in [0, 0.05) is 25.7 Å². The van der Waals surface area contributed by atoms with Crippen molar-refractivity contribution >= 4 is 0 Å². The number of piperidine rings is 1. The zero-order valence-electron chi connectivity index (χ0n) is 11.7. The van der Waals surface area contributed by atoms with Crippen LogP contribution in [-0.2, 0) is 4.74 Å². The van der Waals surface area contributed by atoms with Gasteiger partial charge in [-0.1, -0.05) is 26.7 Å². The molecule has 2 unspecified atom stereocenters. The summed E-state index contributed by atoms with van der Waals surface area (Å²) < 4.78 is 5.66. The quantitative estimate of drug-likeness (QED) is 0.664. The van der Waals surface area contributed by atoms with Gasteiger partial charge in [0.25, 0.3) is 0 Å². The van der Waals surface area contributed by atoms with E-state index >= 15 is 0 Å². The number of ether oxygens (including phenoxy) is 1. The third-order valence-electron chi connectivity index (χ3n) is 3.96. The highest BCUT2D eigenvalue weighted by Crippen LogP contribution is 2.25. The van der Waals surface area contributed by atoms with Crippen molar-refractivity contribution in [2.45, 2.75) is 52.0 Å². The second-order valence-electron chi connectivity index (χ2n) is 5.12. The molecule has 0 saturated carbocycles. The van der Waals surface area contributed by atoms with E-state index in [9.17, 15) is 0 Å². The van der Waals surface area contributed by atoms with Gasteiger partial charge in [-0.25, -0.2) is 0 Å². The highest BCUT2D eigenvalue weighted by atomic mass is 16.5. The van der Waals surface area contributed by atoms with Crippen molar-refractivity contribution in [1.29, 1.82) is 0 Å². The lowest BCUT2D eigenvalue weighted by Gasteiger charge is -2.40. The van der Waals surface area contributed by atoms with Gasteiger partial charge in [-0.3, -0.25) is 4.90 Å². The number of nitrogens with zero attached hydrogens (tertiary/aromatic N) is 1. The Morgan fingerprint density at radius 2 is 2.12 bits per heavy atom. The number of likely N-dealkylation sites (tertiary alicyclic amines) is 1. The SMILES string of the molecule is CCCCOCCN1CCCC(CC)C1CN. The van der Waals surface area contributed by atoms with Crippen LogP contribution in [0.15, 0.2) is 0 Å². The number of rotatable bonds is 8. The van der Waals surface area contributed by atoms with E-state index in [4.69, 9.17) is 10.5 Å². The molecule has 0 aromatic carbocycles. The van der Waals surface area contributed by atoms with E-state index in [0.717, 1.165) is 32.2 Å². The van der Waals surface area contributed by atoms with Gasteiger partial charge in [0.2, 0.25) is 0 Å². The molecule has 17 heavy (non-hydrogen) atoms. The summed E-state index contributed by atoms with van der Waals surface area (Å²) in [6, 6.07) is 0.587. The summed E-state index contributed by atoms with van der Waals surface area (Å²) in [7, 11) is 0. The Hall–Kier alpha value is -0.120. The Kier molecular flexibility index (Phi) is 7.82. The minimum absolute atomic E-state index is 0.587. The van der Waals surface area contributed by atoms with Crippen LogP contribution in [0.4, 0.5) is 0 Å². The Labute approximate surface area is 107 Å². The molecule has 0 spiro atoms. The Bertz CT molecular complexity index is 187. The molecule has 1 fully saturated rings. The summed E-state index contributed by atoms with van der Waals surface area (Å²) in [5.74, 6) is 0.796. The molecule has 0 radical (unpaired) electrons. The van der Waals surface area contributed by atoms with Gasteiger partial charge in [0.15, 0.2) is 0 Å². The van der Waals surface area contributed by atoms with Crippen LogP contribution in [0.5, 0.6) is 0 Å². The van der Waals surface area contributed by atoms with E-state index in [1.807, 2.05) is 0 Å². The lowest BCUT2D eigenvalue weighted by molar-refractivity contribution is 0.0485. The first-order valence-electron chi connectivity index (χ1n) is 7.35. The summed E-state index contributed by atoms with van der Waals surface area (Å²) in [5, 5.41) is 0. The third-order valence-corrected chi connectivity index (χ3v) is 3.96. The fourth-order valence-corrected chi connectivity index (χ4v) is 2.84. The van der Waals surface area contributed by atoms with E-state index in [0.29, 0.717) is 6.04 Å². The maximum Gasteiger partial charge on any atom is 0.0593 e. The maximum atomic E-state index is 5.93. The zero-order valence-corrected chi connectivity index (χ0v) is 11.7. The molecule has 0 aromatic rings. The number of nitrogens with two attached hydrogens (primary N) is 1. The summed E-state index contributed by atoms with van der Waals surface area (Å²) in [4.78, 5) is 2.55. The summed E-state index contributed by atoms with van der Waals surface area (Å²) in [6.07, 6.45) is 6.33. The highest BCUT2D eigenvalue weighted by Gasteiger charge is 2.28. The molecule has 0 aromatic heterocycles. The van der Waals surface area contributed by atoms with E-state index in [1.165, 1.54) is 38.6 Å². The average molecular weight is 242 g/mol. The molecule has 1 rings (SSSR count). The van der Waals surface area contributed by atoms with Crippen LogP contribution in [0.2, 0.25) is 0 Å². The topological polar surface area (TPSA) is 38.5 Å². The van der Waals surface area contributed by atoms with Crippen molar-refractivity contribution in [2.24, 2.45) is 11.7 Å². The standard InChI is InChI=1S/C14H30N2O/c1-3-5-10-17-11-9-16-8-6-7-13(4-2)14(16)12-15/h13-14H,3-12,15H2,1-2H3. The molecule has 102 valence electrons. The predicted octanol–water partition coefficient (Wildman–Crippen LogP) is 2.25. The van der Waals surface area contributed by atoms with Crippen molar-refractivity contribution in [1.82, 2.24) is 4.90 Å². The van der Waals surface area contributed by atoms with Crippen LogP contribution >= 0.6 is 0 Å². The first-order chi connectivity index (χ1) is 8.33. The van der Waals surface area contributed by atoms with Crippen molar-refractivity contribution in [3.8, 4) is 0 Å².